The predicted octanol–water partition coefficient (Wildman–Crippen LogP) is 2.87. The van der Waals surface area contributed by atoms with Gasteiger partial charge in [0.2, 0.25) is 5.91 Å². The minimum absolute atomic E-state index is 0.0647. The Labute approximate surface area is 132 Å². The van der Waals surface area contributed by atoms with Crippen LogP contribution < -0.4 is 5.32 Å². The largest absolute Gasteiger partial charge is 0.310 e. The number of rotatable bonds is 5. The van der Waals surface area contributed by atoms with Crippen molar-refractivity contribution in [3.8, 4) is 0 Å². The van der Waals surface area contributed by atoms with E-state index in [0.29, 0.717) is 5.82 Å². The molecule has 1 N–H and O–H groups in total. The summed E-state index contributed by atoms with van der Waals surface area (Å²) >= 11 is 3.31. The van der Waals surface area contributed by atoms with Gasteiger partial charge in [0.15, 0.2) is 0 Å². The first-order chi connectivity index (χ1) is 10.1. The number of hydrogen-bond acceptors (Lipinski definition) is 4. The maximum absolute atomic E-state index is 12.0. The van der Waals surface area contributed by atoms with Crippen LogP contribution in [0.15, 0.2) is 47.2 Å². The van der Waals surface area contributed by atoms with Crippen LogP contribution in [0.2, 0.25) is 0 Å². The molecule has 0 bridgehead atoms. The smallest absolute Gasteiger partial charge is 0.239 e. The second-order valence-electron chi connectivity index (χ2n) is 4.76. The van der Waals surface area contributed by atoms with E-state index in [4.69, 9.17) is 0 Å². The quantitative estimate of drug-likeness (QED) is 0.902. The van der Waals surface area contributed by atoms with Gasteiger partial charge in [0.1, 0.15) is 5.82 Å². The zero-order valence-corrected chi connectivity index (χ0v) is 13.5. The first-order valence-electron chi connectivity index (χ1n) is 6.59. The molecule has 0 aliphatic rings. The lowest BCUT2D eigenvalue weighted by atomic mass is 10.2. The summed E-state index contributed by atoms with van der Waals surface area (Å²) in [4.78, 5) is 22.4. The van der Waals surface area contributed by atoms with Crippen LogP contribution in [0.4, 0.5) is 5.82 Å². The average Bonchev–Trinajstić information content (AvgIpc) is 2.49. The van der Waals surface area contributed by atoms with E-state index >= 15 is 0 Å². The summed E-state index contributed by atoms with van der Waals surface area (Å²) in [5.74, 6) is 0.442. The lowest BCUT2D eigenvalue weighted by Crippen LogP contribution is -2.32. The van der Waals surface area contributed by atoms with Crippen molar-refractivity contribution in [3.63, 3.8) is 0 Å². The Morgan fingerprint density at radius 1 is 1.33 bits per heavy atom. The number of hydrogen-bond donors (Lipinski definition) is 1. The van der Waals surface area contributed by atoms with Crippen LogP contribution in [-0.4, -0.2) is 34.4 Å². The summed E-state index contributed by atoms with van der Waals surface area (Å²) in [5, 5.41) is 2.77. The number of aromatic nitrogens is 2. The van der Waals surface area contributed by atoms with Crippen LogP contribution in [0.1, 0.15) is 18.7 Å². The molecule has 0 fully saturated rings. The number of halogens is 1. The molecule has 5 nitrogen and oxygen atoms in total. The second kappa shape index (κ2) is 7.28. The van der Waals surface area contributed by atoms with Gasteiger partial charge in [0, 0.05) is 22.9 Å². The minimum atomic E-state index is -0.102. The van der Waals surface area contributed by atoms with E-state index < -0.39 is 0 Å². The van der Waals surface area contributed by atoms with E-state index in [9.17, 15) is 4.79 Å². The Morgan fingerprint density at radius 3 is 2.76 bits per heavy atom. The van der Waals surface area contributed by atoms with Gasteiger partial charge in [-0.2, -0.15) is 0 Å². The molecule has 0 saturated heterocycles. The van der Waals surface area contributed by atoms with Crippen LogP contribution in [0.5, 0.6) is 0 Å². The fraction of sp³-hybridized carbons (Fsp3) is 0.267. The highest BCUT2D eigenvalue weighted by Crippen LogP contribution is 2.15. The molecule has 2 rings (SSSR count). The maximum Gasteiger partial charge on any atom is 0.239 e. The van der Waals surface area contributed by atoms with E-state index in [1.54, 1.807) is 18.5 Å². The molecular formula is C15H17BrN4O. The molecule has 21 heavy (non-hydrogen) atoms. The summed E-state index contributed by atoms with van der Waals surface area (Å²) < 4.78 is 0.876. The highest BCUT2D eigenvalue weighted by molar-refractivity contribution is 9.10. The molecule has 6 heteroatoms. The fourth-order valence-corrected chi connectivity index (χ4v) is 2.08. The first kappa shape index (κ1) is 15.6. The fourth-order valence-electron chi connectivity index (χ4n) is 1.84. The van der Waals surface area contributed by atoms with E-state index in [2.05, 4.69) is 31.2 Å². The molecular weight excluding hydrogens is 332 g/mol. The highest BCUT2D eigenvalue weighted by atomic mass is 79.9. The monoisotopic (exact) mass is 348 g/mol. The molecule has 110 valence electrons. The number of carbonyl (C=O) groups is 1. The van der Waals surface area contributed by atoms with Crippen LogP contribution in [-0.2, 0) is 4.79 Å². The highest BCUT2D eigenvalue weighted by Gasteiger charge is 2.15. The van der Waals surface area contributed by atoms with Crippen LogP contribution >= 0.6 is 15.9 Å². The molecule has 0 aromatic carbocycles. The van der Waals surface area contributed by atoms with Crippen LogP contribution in [0.3, 0.4) is 0 Å². The van der Waals surface area contributed by atoms with Crippen molar-refractivity contribution in [2.45, 2.75) is 13.0 Å². The number of nitrogens with zero attached hydrogens (tertiary/aromatic N) is 3. The van der Waals surface area contributed by atoms with Gasteiger partial charge in [0.25, 0.3) is 0 Å². The van der Waals surface area contributed by atoms with Crippen molar-refractivity contribution < 1.29 is 4.79 Å². The summed E-state index contributed by atoms with van der Waals surface area (Å²) in [5.41, 5.74) is 0.939. The molecule has 2 heterocycles. The third-order valence-electron chi connectivity index (χ3n) is 3.16. The molecule has 2 aromatic heterocycles. The third kappa shape index (κ3) is 4.61. The Bertz CT molecular complexity index is 588. The molecule has 0 radical (unpaired) electrons. The Hall–Kier alpha value is -1.79. The number of carbonyl (C=O) groups excluding carboxylic acids is 1. The summed E-state index contributed by atoms with van der Waals surface area (Å²) in [6.45, 7) is 2.29. The standard InChI is InChI=1S/C15H17BrN4O/c1-11(13-5-3-4-8-17-13)20(2)10-15(21)19-14-7-6-12(16)9-18-14/h3-9,11H,10H2,1-2H3,(H,18,19,21). The number of pyridine rings is 2. The summed E-state index contributed by atoms with van der Waals surface area (Å²) in [6.07, 6.45) is 3.40. The van der Waals surface area contributed by atoms with Gasteiger partial charge in [-0.25, -0.2) is 4.98 Å². The zero-order valence-electron chi connectivity index (χ0n) is 12.0. The van der Waals surface area contributed by atoms with E-state index in [1.807, 2.05) is 43.1 Å². The van der Waals surface area contributed by atoms with Gasteiger partial charge in [-0.15, -0.1) is 0 Å². The first-order valence-corrected chi connectivity index (χ1v) is 7.38. The lowest BCUT2D eigenvalue weighted by Gasteiger charge is -2.23. The molecule has 0 aliphatic heterocycles. The molecule has 0 spiro atoms. The Morgan fingerprint density at radius 2 is 2.14 bits per heavy atom. The molecule has 0 aliphatic carbocycles. The maximum atomic E-state index is 12.0. The number of nitrogens with one attached hydrogen (secondary N) is 1. The van der Waals surface area contributed by atoms with Crippen molar-refractivity contribution in [1.29, 1.82) is 0 Å². The van der Waals surface area contributed by atoms with E-state index in [0.717, 1.165) is 10.2 Å². The van der Waals surface area contributed by atoms with Crippen molar-refractivity contribution in [2.24, 2.45) is 0 Å². The molecule has 2 aromatic rings. The van der Waals surface area contributed by atoms with Crippen molar-refractivity contribution >= 4 is 27.7 Å². The van der Waals surface area contributed by atoms with Crippen molar-refractivity contribution in [1.82, 2.24) is 14.9 Å². The average molecular weight is 349 g/mol. The lowest BCUT2D eigenvalue weighted by molar-refractivity contribution is -0.117. The van der Waals surface area contributed by atoms with Crippen LogP contribution in [0, 0.1) is 0 Å². The zero-order chi connectivity index (χ0) is 15.2. The third-order valence-corrected chi connectivity index (χ3v) is 3.63. The van der Waals surface area contributed by atoms with Gasteiger partial charge < -0.3 is 5.32 Å². The Kier molecular flexibility index (Phi) is 5.41. The number of likely N-dealkylation sites (N-methyl/N-ethyl adjacent to an activating group) is 1. The van der Waals surface area contributed by atoms with Gasteiger partial charge in [-0.05, 0) is 54.2 Å². The van der Waals surface area contributed by atoms with Crippen LogP contribution in [0.25, 0.3) is 0 Å². The van der Waals surface area contributed by atoms with Gasteiger partial charge >= 0.3 is 0 Å². The van der Waals surface area contributed by atoms with Gasteiger partial charge in [0.05, 0.1) is 12.2 Å². The summed E-state index contributed by atoms with van der Waals surface area (Å²) in [7, 11) is 1.90. The number of anilines is 1. The van der Waals surface area contributed by atoms with Gasteiger partial charge in [-0.3, -0.25) is 14.7 Å². The van der Waals surface area contributed by atoms with Gasteiger partial charge in [-0.1, -0.05) is 6.07 Å². The molecule has 1 unspecified atom stereocenters. The summed E-state index contributed by atoms with van der Waals surface area (Å²) in [6, 6.07) is 9.43. The second-order valence-corrected chi connectivity index (χ2v) is 5.67. The molecule has 0 saturated carbocycles. The number of amides is 1. The minimum Gasteiger partial charge on any atom is -0.310 e. The Balaban J connectivity index is 1.91. The normalized spacial score (nSPS) is 12.2. The van der Waals surface area contributed by atoms with E-state index in [1.165, 1.54) is 0 Å². The molecule has 1 amide bonds. The topological polar surface area (TPSA) is 58.1 Å². The molecule has 1 atom stereocenters. The SMILES string of the molecule is CC(c1ccccn1)N(C)CC(=O)Nc1ccc(Br)cn1. The van der Waals surface area contributed by atoms with Crippen molar-refractivity contribution in [2.75, 3.05) is 18.9 Å². The predicted molar refractivity (Wildman–Crippen MR) is 85.8 cm³/mol. The van der Waals surface area contributed by atoms with Crippen molar-refractivity contribution in [3.05, 3.63) is 52.9 Å². The van der Waals surface area contributed by atoms with E-state index in [-0.39, 0.29) is 18.5 Å².